The molecule has 1 aromatic carbocycles. The predicted octanol–water partition coefficient (Wildman–Crippen LogP) is 2.14. The summed E-state index contributed by atoms with van der Waals surface area (Å²) in [6, 6.07) is 6.04. The van der Waals surface area contributed by atoms with Gasteiger partial charge in [0.1, 0.15) is 17.9 Å². The van der Waals surface area contributed by atoms with Crippen LogP contribution in [0.4, 0.5) is 8.78 Å². The Balaban J connectivity index is 2.10. The fourth-order valence-corrected chi connectivity index (χ4v) is 1.95. The molecule has 7 heteroatoms. The molecule has 0 fully saturated rings. The van der Waals surface area contributed by atoms with E-state index in [1.165, 1.54) is 18.5 Å². The minimum Gasteiger partial charge on any atom is -0.435 e. The maximum absolute atomic E-state index is 12.2. The lowest BCUT2D eigenvalue weighted by Gasteiger charge is -2.13. The second-order valence-electron chi connectivity index (χ2n) is 4.25. The van der Waals surface area contributed by atoms with Gasteiger partial charge in [-0.15, -0.1) is 0 Å². The van der Waals surface area contributed by atoms with E-state index in [9.17, 15) is 8.78 Å². The van der Waals surface area contributed by atoms with Crippen molar-refractivity contribution in [1.82, 2.24) is 14.8 Å². The Morgan fingerprint density at radius 1 is 1.40 bits per heavy atom. The van der Waals surface area contributed by atoms with Crippen molar-refractivity contribution < 1.29 is 13.5 Å². The van der Waals surface area contributed by atoms with Gasteiger partial charge < -0.3 is 10.5 Å². The number of hydrogen-bond acceptors (Lipinski definition) is 4. The van der Waals surface area contributed by atoms with Crippen LogP contribution in [0, 0.1) is 0 Å². The molecular weight excluding hydrogens is 266 g/mol. The molecule has 2 rings (SSSR count). The third-order valence-corrected chi connectivity index (χ3v) is 2.91. The van der Waals surface area contributed by atoms with E-state index >= 15 is 0 Å². The number of aromatic nitrogens is 3. The van der Waals surface area contributed by atoms with Gasteiger partial charge in [0.2, 0.25) is 0 Å². The lowest BCUT2D eigenvalue weighted by Crippen LogP contribution is -2.17. The van der Waals surface area contributed by atoms with E-state index in [2.05, 4.69) is 14.8 Å². The van der Waals surface area contributed by atoms with E-state index in [0.717, 1.165) is 5.82 Å². The molecule has 0 saturated carbocycles. The van der Waals surface area contributed by atoms with Crippen LogP contribution in [0.5, 0.6) is 5.75 Å². The topological polar surface area (TPSA) is 66.0 Å². The average Bonchev–Trinajstić information content (AvgIpc) is 2.85. The van der Waals surface area contributed by atoms with Gasteiger partial charge in [-0.2, -0.15) is 13.9 Å². The van der Waals surface area contributed by atoms with Gasteiger partial charge in [-0.3, -0.25) is 4.68 Å². The number of nitrogens with zero attached hydrogens (tertiary/aromatic N) is 3. The largest absolute Gasteiger partial charge is 0.435 e. The van der Waals surface area contributed by atoms with E-state index in [-0.39, 0.29) is 11.8 Å². The SMILES string of the molecule is CCn1ncnc1CC(N)c1cccc(OC(F)F)c1. The van der Waals surface area contributed by atoms with Crippen molar-refractivity contribution in [3.05, 3.63) is 42.0 Å². The first kappa shape index (κ1) is 14.4. The summed E-state index contributed by atoms with van der Waals surface area (Å²) in [7, 11) is 0. The van der Waals surface area contributed by atoms with Crippen LogP contribution in [0.2, 0.25) is 0 Å². The summed E-state index contributed by atoms with van der Waals surface area (Å²) in [6.45, 7) is -0.179. The van der Waals surface area contributed by atoms with Crippen molar-refractivity contribution in [2.45, 2.75) is 32.5 Å². The van der Waals surface area contributed by atoms with E-state index in [0.29, 0.717) is 18.5 Å². The normalized spacial score (nSPS) is 12.7. The lowest BCUT2D eigenvalue weighted by molar-refractivity contribution is -0.0499. The van der Waals surface area contributed by atoms with E-state index in [1.54, 1.807) is 16.8 Å². The first-order valence-electron chi connectivity index (χ1n) is 6.27. The molecule has 0 bridgehead atoms. The number of rotatable bonds is 6. The highest BCUT2D eigenvalue weighted by Crippen LogP contribution is 2.21. The van der Waals surface area contributed by atoms with Gasteiger partial charge in [0.15, 0.2) is 0 Å². The molecule has 1 unspecified atom stereocenters. The van der Waals surface area contributed by atoms with Gasteiger partial charge in [0, 0.05) is 19.0 Å². The summed E-state index contributed by atoms with van der Waals surface area (Å²) in [6.07, 6.45) is 1.95. The van der Waals surface area contributed by atoms with E-state index in [1.807, 2.05) is 6.92 Å². The maximum atomic E-state index is 12.2. The lowest BCUT2D eigenvalue weighted by atomic mass is 10.0. The minimum absolute atomic E-state index is 0.102. The number of halogens is 2. The molecule has 1 heterocycles. The molecule has 1 atom stereocenters. The Bertz CT molecular complexity index is 559. The van der Waals surface area contributed by atoms with Gasteiger partial charge in [-0.05, 0) is 24.6 Å². The van der Waals surface area contributed by atoms with Crippen molar-refractivity contribution in [2.24, 2.45) is 5.73 Å². The monoisotopic (exact) mass is 282 g/mol. The van der Waals surface area contributed by atoms with Crippen molar-refractivity contribution in [3.63, 3.8) is 0 Å². The number of alkyl halides is 2. The van der Waals surface area contributed by atoms with Gasteiger partial charge in [0.25, 0.3) is 0 Å². The zero-order valence-corrected chi connectivity index (χ0v) is 11.0. The minimum atomic E-state index is -2.84. The third-order valence-electron chi connectivity index (χ3n) is 2.91. The highest BCUT2D eigenvalue weighted by atomic mass is 19.3. The zero-order chi connectivity index (χ0) is 14.5. The molecule has 0 aliphatic carbocycles. The van der Waals surface area contributed by atoms with Crippen LogP contribution in [-0.4, -0.2) is 21.4 Å². The number of benzene rings is 1. The van der Waals surface area contributed by atoms with Crippen LogP contribution < -0.4 is 10.5 Å². The summed E-state index contributed by atoms with van der Waals surface area (Å²) >= 11 is 0. The molecule has 0 saturated heterocycles. The Morgan fingerprint density at radius 2 is 2.20 bits per heavy atom. The highest BCUT2D eigenvalue weighted by Gasteiger charge is 2.13. The Hall–Kier alpha value is -2.02. The summed E-state index contributed by atoms with van der Waals surface area (Å²) < 4.78 is 30.5. The first-order valence-corrected chi connectivity index (χ1v) is 6.27. The van der Waals surface area contributed by atoms with Crippen LogP contribution in [-0.2, 0) is 13.0 Å². The molecule has 1 aromatic heterocycles. The summed E-state index contributed by atoms with van der Waals surface area (Å²) in [5.41, 5.74) is 6.80. The highest BCUT2D eigenvalue weighted by molar-refractivity contribution is 5.30. The molecule has 108 valence electrons. The van der Waals surface area contributed by atoms with Crippen molar-refractivity contribution in [2.75, 3.05) is 0 Å². The molecule has 0 amide bonds. The number of nitrogens with two attached hydrogens (primary N) is 1. The summed E-state index contributed by atoms with van der Waals surface area (Å²) in [4.78, 5) is 4.14. The number of aryl methyl sites for hydroxylation is 1. The van der Waals surface area contributed by atoms with E-state index in [4.69, 9.17) is 5.73 Å². The average molecular weight is 282 g/mol. The molecule has 0 aliphatic rings. The smallest absolute Gasteiger partial charge is 0.387 e. The Morgan fingerprint density at radius 3 is 2.90 bits per heavy atom. The van der Waals surface area contributed by atoms with Crippen LogP contribution >= 0.6 is 0 Å². The third kappa shape index (κ3) is 3.51. The summed E-state index contributed by atoms with van der Waals surface area (Å²) in [5, 5.41) is 4.06. The van der Waals surface area contributed by atoms with Gasteiger partial charge in [-0.1, -0.05) is 12.1 Å². The maximum Gasteiger partial charge on any atom is 0.387 e. The van der Waals surface area contributed by atoms with Crippen LogP contribution in [0.1, 0.15) is 24.4 Å². The van der Waals surface area contributed by atoms with Crippen LogP contribution in [0.15, 0.2) is 30.6 Å². The van der Waals surface area contributed by atoms with Crippen LogP contribution in [0.25, 0.3) is 0 Å². The zero-order valence-electron chi connectivity index (χ0n) is 11.0. The van der Waals surface area contributed by atoms with Crippen molar-refractivity contribution >= 4 is 0 Å². The quantitative estimate of drug-likeness (QED) is 0.881. The fourth-order valence-electron chi connectivity index (χ4n) is 1.95. The van der Waals surface area contributed by atoms with E-state index < -0.39 is 6.61 Å². The van der Waals surface area contributed by atoms with Crippen LogP contribution in [0.3, 0.4) is 0 Å². The molecule has 20 heavy (non-hydrogen) atoms. The van der Waals surface area contributed by atoms with Gasteiger partial charge >= 0.3 is 6.61 Å². The standard InChI is InChI=1S/C13H16F2N4O/c1-2-19-12(17-8-18-19)7-11(16)9-4-3-5-10(6-9)20-13(14)15/h3-6,8,11,13H,2,7,16H2,1H3. The Labute approximate surface area is 115 Å². The predicted molar refractivity (Wildman–Crippen MR) is 69.4 cm³/mol. The Kier molecular flexibility index (Phi) is 4.62. The molecule has 2 aromatic rings. The first-order chi connectivity index (χ1) is 9.60. The number of hydrogen-bond donors (Lipinski definition) is 1. The van der Waals surface area contributed by atoms with Crippen molar-refractivity contribution in [3.8, 4) is 5.75 Å². The second kappa shape index (κ2) is 6.42. The molecular formula is C13H16F2N4O. The molecule has 5 nitrogen and oxygen atoms in total. The molecule has 2 N–H and O–H groups in total. The second-order valence-corrected chi connectivity index (χ2v) is 4.25. The molecule has 0 spiro atoms. The van der Waals surface area contributed by atoms with Gasteiger partial charge in [-0.25, -0.2) is 4.98 Å². The molecule has 0 radical (unpaired) electrons. The van der Waals surface area contributed by atoms with Gasteiger partial charge in [0.05, 0.1) is 0 Å². The molecule has 0 aliphatic heterocycles. The van der Waals surface area contributed by atoms with Crippen molar-refractivity contribution in [1.29, 1.82) is 0 Å². The fraction of sp³-hybridized carbons (Fsp3) is 0.385. The summed E-state index contributed by atoms with van der Waals surface area (Å²) in [5.74, 6) is 0.866. The number of ether oxygens (including phenoxy) is 1.